The quantitative estimate of drug-likeness (QED) is 0.0385. The minimum Gasteiger partial charge on any atom is -0.382 e. The first-order valence-electron chi connectivity index (χ1n) is 21.9. The highest BCUT2D eigenvalue weighted by Gasteiger charge is 2.33. The zero-order valence-corrected chi connectivity index (χ0v) is 37.3. The maximum atomic E-state index is 14.0. The van der Waals surface area contributed by atoms with E-state index in [-0.39, 0.29) is 48.3 Å². The molecule has 2 aromatic rings. The Labute approximate surface area is 365 Å². The summed E-state index contributed by atoms with van der Waals surface area (Å²) in [7, 11) is 1.62. The lowest BCUT2D eigenvalue weighted by atomic mass is 9.97. The molecule has 19 nitrogen and oxygen atoms in total. The van der Waals surface area contributed by atoms with Crippen LogP contribution in [0.1, 0.15) is 85.5 Å². The molecule has 62 heavy (non-hydrogen) atoms. The number of ketones is 1. The van der Waals surface area contributed by atoms with Gasteiger partial charge in [0.1, 0.15) is 18.6 Å². The lowest BCUT2D eigenvalue weighted by Gasteiger charge is -2.38. The summed E-state index contributed by atoms with van der Waals surface area (Å²) >= 11 is 0. The Balaban J connectivity index is 1.58. The molecule has 1 saturated heterocycles. The molecular formula is C43H70N10O9. The van der Waals surface area contributed by atoms with Crippen LogP contribution in [0.25, 0.3) is 10.9 Å². The van der Waals surface area contributed by atoms with Crippen molar-refractivity contribution >= 4 is 52.0 Å². The average Bonchev–Trinajstić information content (AvgIpc) is 3.26. The molecule has 1 aromatic heterocycles. The van der Waals surface area contributed by atoms with Crippen LogP contribution in [-0.4, -0.2) is 141 Å². The van der Waals surface area contributed by atoms with Crippen LogP contribution >= 0.6 is 0 Å². The fraction of sp³-hybridized carbons (Fsp3) is 0.674. The van der Waals surface area contributed by atoms with E-state index in [9.17, 15) is 28.8 Å². The number of amides is 4. The van der Waals surface area contributed by atoms with Crippen molar-refractivity contribution in [2.45, 2.75) is 110 Å². The van der Waals surface area contributed by atoms with Gasteiger partial charge in [0.2, 0.25) is 23.6 Å². The number of methoxy groups -OCH3 is 1. The van der Waals surface area contributed by atoms with Crippen LogP contribution in [-0.2, 0) is 44.7 Å². The molecule has 0 radical (unpaired) electrons. The van der Waals surface area contributed by atoms with E-state index in [4.69, 9.17) is 25.4 Å². The third kappa shape index (κ3) is 17.3. The summed E-state index contributed by atoms with van der Waals surface area (Å²) in [5, 5.41) is 18.8. The van der Waals surface area contributed by atoms with Crippen molar-refractivity contribution in [3.05, 3.63) is 34.9 Å². The normalized spacial score (nSPS) is 14.7. The highest BCUT2D eigenvalue weighted by molar-refractivity contribution is 5.92. The van der Waals surface area contributed by atoms with Gasteiger partial charge >= 0.3 is 0 Å². The summed E-state index contributed by atoms with van der Waals surface area (Å²) in [6.45, 7) is 11.7. The molecule has 0 bridgehead atoms. The minimum atomic E-state index is -0.794. The number of hydrogen-bond donors (Lipinski definition) is 6. The molecule has 1 aromatic carbocycles. The number of benzene rings is 1. The predicted octanol–water partition coefficient (Wildman–Crippen LogP) is 1.44. The van der Waals surface area contributed by atoms with Crippen molar-refractivity contribution < 1.29 is 38.2 Å². The Bertz CT molecular complexity index is 1820. The second kappa shape index (κ2) is 27.7. The highest BCUT2D eigenvalue weighted by atomic mass is 16.5. The van der Waals surface area contributed by atoms with Crippen LogP contribution in [0, 0.1) is 11.3 Å². The Kier molecular flexibility index (Phi) is 22.9. The van der Waals surface area contributed by atoms with Crippen LogP contribution in [0.5, 0.6) is 0 Å². The number of hydrogen-bond acceptors (Lipinski definition) is 12. The lowest BCUT2D eigenvalue weighted by Crippen LogP contribution is -2.58. The summed E-state index contributed by atoms with van der Waals surface area (Å²) in [6.07, 6.45) is 6.30. The summed E-state index contributed by atoms with van der Waals surface area (Å²) < 4.78 is 17.2. The van der Waals surface area contributed by atoms with Crippen LogP contribution in [0.4, 0.5) is 5.69 Å². The smallest absolute Gasteiger partial charge is 0.261 e. The van der Waals surface area contributed by atoms with Gasteiger partial charge in [-0.15, -0.1) is 0 Å². The van der Waals surface area contributed by atoms with Crippen LogP contribution < -0.4 is 37.5 Å². The van der Waals surface area contributed by atoms with E-state index < -0.39 is 29.6 Å². The monoisotopic (exact) mass is 871 g/mol. The summed E-state index contributed by atoms with van der Waals surface area (Å²) in [6, 6.07) is 3.05. The molecule has 7 N–H and O–H groups in total. The van der Waals surface area contributed by atoms with Gasteiger partial charge in [0, 0.05) is 71.8 Å². The number of nitrogens with zero attached hydrogens (tertiary/aromatic N) is 4. The first-order chi connectivity index (χ1) is 29.8. The number of carbonyl (C=O) groups excluding carboxylic acids is 5. The number of piperazine rings is 1. The van der Waals surface area contributed by atoms with E-state index in [0.29, 0.717) is 109 Å². The summed E-state index contributed by atoms with van der Waals surface area (Å²) in [5.74, 6) is -1.87. The van der Waals surface area contributed by atoms with Gasteiger partial charge in [0.25, 0.3) is 5.56 Å². The molecule has 0 aliphatic carbocycles. The molecule has 0 unspecified atom stereocenters. The minimum absolute atomic E-state index is 0.158. The number of nitrogens with two attached hydrogens (primary N) is 1. The van der Waals surface area contributed by atoms with Crippen molar-refractivity contribution in [2.75, 3.05) is 77.8 Å². The number of carbonyl (C=O) groups is 5. The van der Waals surface area contributed by atoms with Crippen molar-refractivity contribution in [1.82, 2.24) is 35.7 Å². The zero-order chi connectivity index (χ0) is 45.4. The van der Waals surface area contributed by atoms with E-state index in [2.05, 4.69) is 31.2 Å². The molecule has 1 aliphatic rings. The molecule has 1 fully saturated rings. The highest BCUT2D eigenvalue weighted by Crippen LogP contribution is 2.21. The Morgan fingerprint density at radius 1 is 0.871 bits per heavy atom. The maximum absolute atomic E-state index is 14.0. The maximum Gasteiger partial charge on any atom is 0.261 e. The fourth-order valence-corrected chi connectivity index (χ4v) is 6.98. The van der Waals surface area contributed by atoms with E-state index in [0.717, 1.165) is 24.9 Å². The molecule has 0 spiro atoms. The van der Waals surface area contributed by atoms with Crippen LogP contribution in [0.2, 0.25) is 0 Å². The van der Waals surface area contributed by atoms with Gasteiger partial charge < -0.3 is 51.0 Å². The van der Waals surface area contributed by atoms with Gasteiger partial charge in [-0.2, -0.15) is 0 Å². The van der Waals surface area contributed by atoms with Gasteiger partial charge in [0.05, 0.1) is 36.5 Å². The van der Waals surface area contributed by atoms with Crippen molar-refractivity contribution in [3.63, 3.8) is 0 Å². The Morgan fingerprint density at radius 3 is 2.23 bits per heavy atom. The molecule has 1 aliphatic heterocycles. The average molecular weight is 871 g/mol. The van der Waals surface area contributed by atoms with E-state index in [1.807, 2.05) is 26.8 Å². The molecule has 346 valence electrons. The third-order valence-electron chi connectivity index (χ3n) is 10.9. The fourth-order valence-electron chi connectivity index (χ4n) is 6.98. The van der Waals surface area contributed by atoms with Crippen molar-refractivity contribution in [3.8, 4) is 0 Å². The molecule has 19 heteroatoms. The van der Waals surface area contributed by atoms with Gasteiger partial charge in [-0.05, 0) is 63.1 Å². The number of anilines is 1. The lowest BCUT2D eigenvalue weighted by molar-refractivity contribution is -0.138. The number of rotatable bonds is 29. The first-order valence-corrected chi connectivity index (χ1v) is 21.9. The second-order valence-electron chi connectivity index (χ2n) is 15.7. The van der Waals surface area contributed by atoms with E-state index >= 15 is 0 Å². The Morgan fingerprint density at radius 2 is 1.56 bits per heavy atom. The van der Waals surface area contributed by atoms with Crippen LogP contribution in [0.15, 0.2) is 29.3 Å². The van der Waals surface area contributed by atoms with Gasteiger partial charge in [-0.3, -0.25) is 38.7 Å². The van der Waals surface area contributed by atoms with E-state index in [1.165, 1.54) is 17.8 Å². The number of nitrogens with one attached hydrogen (secondary N) is 5. The largest absolute Gasteiger partial charge is 0.382 e. The third-order valence-corrected chi connectivity index (χ3v) is 10.9. The zero-order valence-electron chi connectivity index (χ0n) is 37.3. The van der Waals surface area contributed by atoms with Gasteiger partial charge in [-0.1, -0.05) is 40.0 Å². The first kappa shape index (κ1) is 51.2. The van der Waals surface area contributed by atoms with Crippen molar-refractivity contribution in [1.29, 1.82) is 5.41 Å². The SMILES string of the molecule is CCCC[C@H](NC(=O)[C@@H](NC(=O)CCCOCCCOCCOC)[C@@H](C)CC)C(=O)N1CCN(c2ccc3ncn(CC(=O)N[C@@H](CCCNC(=N)N)C(C)=O)c(=O)c3c2)CC1. The number of fused-ring (bicyclic) bond motifs is 1. The molecule has 2 heterocycles. The number of unbranched alkanes of at least 4 members (excludes halogenated alkanes) is 1. The number of ether oxygens (including phenoxy) is 3. The second-order valence-corrected chi connectivity index (χ2v) is 15.7. The van der Waals surface area contributed by atoms with Crippen LogP contribution in [0.3, 0.4) is 0 Å². The van der Waals surface area contributed by atoms with E-state index in [1.54, 1.807) is 24.1 Å². The van der Waals surface area contributed by atoms with Crippen molar-refractivity contribution in [2.24, 2.45) is 11.7 Å². The molecule has 0 saturated carbocycles. The van der Waals surface area contributed by atoms with Gasteiger partial charge in [-0.25, -0.2) is 4.98 Å². The summed E-state index contributed by atoms with van der Waals surface area (Å²) in [5.41, 5.74) is 6.12. The summed E-state index contributed by atoms with van der Waals surface area (Å²) in [4.78, 5) is 87.6. The molecule has 4 amide bonds. The number of aromatic nitrogens is 2. The Hall–Kier alpha value is -5.14. The predicted molar refractivity (Wildman–Crippen MR) is 237 cm³/mol. The molecular weight excluding hydrogens is 801 g/mol. The standard InChI is InChI=1S/C43H70N10O9/c1-6-8-12-36(49-40(57)39(30(3)7-2)50-37(55)14-10-22-61-23-11-24-62-26-25-60-5)42(59)52-20-18-51(19-21-52)32-15-16-35-33(27-32)41(58)53(29-47-35)28-38(56)48-34(31(4)54)13-9-17-46-43(44)45/h15-16,27,29-30,34,36,39H,6-14,17-26,28H2,1-5H3,(H,48,56)(H,49,57)(H,50,55)(H4,44,45,46)/t30-,34-,36-,39-/m0/s1. The van der Waals surface area contributed by atoms with Gasteiger partial charge in [0.15, 0.2) is 11.7 Å². The topological polar surface area (TPSA) is 252 Å². The molecule has 4 atom stereocenters. The number of guanidine groups is 1. The molecule has 3 rings (SSSR count). The number of Topliss-reactive ketones (excluding diaryl/α,β-unsaturated/α-hetero) is 1.